The molecular formula is C24H20O3S3. The Morgan fingerprint density at radius 2 is 1.37 bits per heavy atom. The first-order valence-corrected chi connectivity index (χ1v) is 13.0. The van der Waals surface area contributed by atoms with E-state index in [-0.39, 0.29) is 12.2 Å². The topological polar surface area (TPSA) is 27.7 Å². The molecule has 3 heterocycles. The van der Waals surface area contributed by atoms with E-state index < -0.39 is 0 Å². The van der Waals surface area contributed by atoms with Crippen molar-refractivity contribution in [2.24, 2.45) is 0 Å². The molecule has 3 nitrogen and oxygen atoms in total. The van der Waals surface area contributed by atoms with Gasteiger partial charge >= 0.3 is 0 Å². The lowest BCUT2D eigenvalue weighted by Gasteiger charge is -2.29. The van der Waals surface area contributed by atoms with E-state index >= 15 is 0 Å². The van der Waals surface area contributed by atoms with Gasteiger partial charge in [0.05, 0.1) is 0 Å². The van der Waals surface area contributed by atoms with Crippen molar-refractivity contribution >= 4 is 35.3 Å². The maximum Gasteiger partial charge on any atom is 0.162 e. The Morgan fingerprint density at radius 1 is 0.633 bits per heavy atom. The van der Waals surface area contributed by atoms with E-state index in [1.165, 1.54) is 31.8 Å². The number of thioether (sulfide) groups is 3. The Balaban J connectivity index is 1.21. The third-order valence-corrected chi connectivity index (χ3v) is 9.06. The van der Waals surface area contributed by atoms with Crippen LogP contribution in [0.1, 0.15) is 23.3 Å². The Morgan fingerprint density at radius 3 is 2.30 bits per heavy atom. The number of hydrogen-bond donors (Lipinski definition) is 0. The van der Waals surface area contributed by atoms with Crippen LogP contribution in [0.2, 0.25) is 0 Å². The van der Waals surface area contributed by atoms with Crippen molar-refractivity contribution in [1.82, 2.24) is 0 Å². The number of para-hydroxylation sites is 2. The van der Waals surface area contributed by atoms with Gasteiger partial charge in [-0.15, -0.1) is 35.3 Å². The lowest BCUT2D eigenvalue weighted by Crippen LogP contribution is -2.22. The second kappa shape index (κ2) is 7.98. The highest BCUT2D eigenvalue weighted by atomic mass is 32.2. The summed E-state index contributed by atoms with van der Waals surface area (Å²) in [6, 6.07) is 21.0. The molecule has 0 radical (unpaired) electrons. The van der Waals surface area contributed by atoms with Crippen LogP contribution < -0.4 is 14.2 Å². The number of hydrogen-bond acceptors (Lipinski definition) is 6. The van der Waals surface area contributed by atoms with E-state index in [0.717, 1.165) is 28.6 Å². The largest absolute Gasteiger partial charge is 0.485 e. The second-order valence-corrected chi connectivity index (χ2v) is 10.7. The molecule has 3 aliphatic heterocycles. The van der Waals surface area contributed by atoms with Gasteiger partial charge in [0.25, 0.3) is 0 Å². The van der Waals surface area contributed by atoms with Crippen LogP contribution in [0.15, 0.2) is 75.4 Å². The Bertz CT molecular complexity index is 1100. The maximum atomic E-state index is 6.40. The van der Waals surface area contributed by atoms with Crippen LogP contribution in [0.3, 0.4) is 0 Å². The number of rotatable bonds is 2. The molecule has 3 aromatic carbocycles. The van der Waals surface area contributed by atoms with Crippen molar-refractivity contribution < 1.29 is 14.2 Å². The summed E-state index contributed by atoms with van der Waals surface area (Å²) in [5.74, 6) is 5.87. The van der Waals surface area contributed by atoms with Crippen molar-refractivity contribution in [2.45, 2.75) is 26.9 Å². The Hall–Kier alpha value is -1.89. The first-order chi connectivity index (χ1) is 14.8. The highest BCUT2D eigenvalue weighted by molar-refractivity contribution is 8.05. The first-order valence-electron chi connectivity index (χ1n) is 10.0. The van der Waals surface area contributed by atoms with Gasteiger partial charge in [-0.05, 0) is 47.5 Å². The maximum absolute atomic E-state index is 6.40. The molecule has 3 aliphatic rings. The summed E-state index contributed by atoms with van der Waals surface area (Å²) in [6.45, 7) is 0.523. The zero-order chi connectivity index (χ0) is 19.9. The molecule has 30 heavy (non-hydrogen) atoms. The Labute approximate surface area is 188 Å². The van der Waals surface area contributed by atoms with Gasteiger partial charge in [-0.25, -0.2) is 0 Å². The molecule has 0 aliphatic carbocycles. The van der Waals surface area contributed by atoms with Crippen LogP contribution >= 0.6 is 35.3 Å². The molecule has 0 amide bonds. The summed E-state index contributed by atoms with van der Waals surface area (Å²) in [4.78, 5) is 3.97. The number of benzene rings is 3. The van der Waals surface area contributed by atoms with E-state index in [0.29, 0.717) is 6.61 Å². The minimum absolute atomic E-state index is 0.0901. The van der Waals surface area contributed by atoms with Gasteiger partial charge in [0.2, 0.25) is 0 Å². The third-order valence-electron chi connectivity index (χ3n) is 5.45. The highest BCUT2D eigenvalue weighted by Gasteiger charge is 2.27. The summed E-state index contributed by atoms with van der Waals surface area (Å²) in [7, 11) is 0. The van der Waals surface area contributed by atoms with Gasteiger partial charge in [-0.3, -0.25) is 0 Å². The molecule has 0 fully saturated rings. The molecule has 0 aromatic heterocycles. The normalized spacial score (nSPS) is 21.9. The molecule has 0 bridgehead atoms. The zero-order valence-electron chi connectivity index (χ0n) is 16.2. The average molecular weight is 453 g/mol. The van der Waals surface area contributed by atoms with Crippen molar-refractivity contribution in [1.29, 1.82) is 0 Å². The molecule has 2 unspecified atom stereocenters. The molecule has 6 rings (SSSR count). The predicted molar refractivity (Wildman–Crippen MR) is 124 cm³/mol. The lowest BCUT2D eigenvalue weighted by molar-refractivity contribution is 0.0910. The molecule has 152 valence electrons. The molecule has 0 spiro atoms. The first kappa shape index (κ1) is 18.8. The van der Waals surface area contributed by atoms with Gasteiger partial charge in [0.1, 0.15) is 18.5 Å². The molecule has 6 heteroatoms. The van der Waals surface area contributed by atoms with Crippen LogP contribution in [-0.4, -0.2) is 23.9 Å². The van der Waals surface area contributed by atoms with Gasteiger partial charge in [-0.1, -0.05) is 24.3 Å². The Kier molecular flexibility index (Phi) is 5.02. The van der Waals surface area contributed by atoms with Gasteiger partial charge in [-0.2, -0.15) is 0 Å². The molecule has 0 N–H and O–H groups in total. The van der Waals surface area contributed by atoms with Crippen LogP contribution in [-0.2, 0) is 0 Å². The molecule has 0 saturated carbocycles. The van der Waals surface area contributed by atoms with Gasteiger partial charge < -0.3 is 14.2 Å². The number of fused-ring (bicyclic) bond motifs is 3. The fraction of sp³-hybridized carbons (Fsp3) is 0.250. The van der Waals surface area contributed by atoms with Crippen molar-refractivity contribution in [3.63, 3.8) is 0 Å². The molecular weight excluding hydrogens is 432 g/mol. The van der Waals surface area contributed by atoms with Crippen molar-refractivity contribution in [3.05, 3.63) is 71.8 Å². The zero-order valence-corrected chi connectivity index (χ0v) is 18.7. The van der Waals surface area contributed by atoms with Gasteiger partial charge in [0.15, 0.2) is 17.6 Å². The van der Waals surface area contributed by atoms with E-state index in [1.807, 2.05) is 59.6 Å². The average Bonchev–Trinajstić information content (AvgIpc) is 2.83. The van der Waals surface area contributed by atoms with Crippen LogP contribution in [0.4, 0.5) is 0 Å². The summed E-state index contributed by atoms with van der Waals surface area (Å²) in [6.07, 6.45) is -0.00832. The summed E-state index contributed by atoms with van der Waals surface area (Å²) in [5.41, 5.74) is 2.40. The van der Waals surface area contributed by atoms with E-state index in [9.17, 15) is 0 Å². The summed E-state index contributed by atoms with van der Waals surface area (Å²) >= 11 is 5.77. The minimum Gasteiger partial charge on any atom is -0.485 e. The summed E-state index contributed by atoms with van der Waals surface area (Å²) < 4.78 is 18.5. The molecule has 0 saturated heterocycles. The SMILES string of the molecule is c1ccc2c(c1)OCC(c1ccc3c(c1)SCC(c1ccc4c(c1)SCCS4)O3)O2. The lowest BCUT2D eigenvalue weighted by atomic mass is 10.1. The van der Waals surface area contributed by atoms with Crippen LogP contribution in [0.25, 0.3) is 0 Å². The minimum atomic E-state index is -0.0984. The van der Waals surface area contributed by atoms with E-state index in [1.54, 1.807) is 0 Å². The van der Waals surface area contributed by atoms with Crippen LogP contribution in [0.5, 0.6) is 17.2 Å². The number of ether oxygens (including phenoxy) is 3. The standard InChI is InChI=1S/C24H20O3S3/c1-2-4-18-17(3-1)25-13-20(26-18)15-5-7-19-23(11-15)30-14-21(27-19)16-6-8-22-24(12-16)29-10-9-28-22/h1-8,11-12,20-21H,9-10,13-14H2. The molecule has 2 atom stereocenters. The van der Waals surface area contributed by atoms with Crippen molar-refractivity contribution in [3.8, 4) is 17.2 Å². The van der Waals surface area contributed by atoms with E-state index in [2.05, 4.69) is 36.4 Å². The van der Waals surface area contributed by atoms with Crippen molar-refractivity contribution in [2.75, 3.05) is 23.9 Å². The fourth-order valence-corrected chi connectivity index (χ4v) is 7.22. The monoisotopic (exact) mass is 452 g/mol. The fourth-order valence-electron chi connectivity index (χ4n) is 3.90. The van der Waals surface area contributed by atoms with Gasteiger partial charge in [0, 0.05) is 31.9 Å². The predicted octanol–water partition coefficient (Wildman–Crippen LogP) is 6.62. The second-order valence-electron chi connectivity index (χ2n) is 7.39. The highest BCUT2D eigenvalue weighted by Crippen LogP contribution is 2.45. The van der Waals surface area contributed by atoms with E-state index in [4.69, 9.17) is 14.2 Å². The van der Waals surface area contributed by atoms with Crippen LogP contribution in [0, 0.1) is 0 Å². The third kappa shape index (κ3) is 3.55. The summed E-state index contributed by atoms with van der Waals surface area (Å²) in [5, 5.41) is 0. The quantitative estimate of drug-likeness (QED) is 0.434. The molecule has 3 aromatic rings. The smallest absolute Gasteiger partial charge is 0.162 e.